The molecule has 0 aliphatic carbocycles. The minimum Gasteiger partial charge on any atom is -0.491 e. The predicted molar refractivity (Wildman–Crippen MR) is 98.2 cm³/mol. The van der Waals surface area contributed by atoms with Crippen molar-refractivity contribution in [2.45, 2.75) is 19.6 Å². The summed E-state index contributed by atoms with van der Waals surface area (Å²) >= 11 is 0. The van der Waals surface area contributed by atoms with Crippen molar-refractivity contribution >= 4 is 16.9 Å². The lowest BCUT2D eigenvalue weighted by molar-refractivity contribution is 0.0931. The number of ketones is 1. The summed E-state index contributed by atoms with van der Waals surface area (Å²) in [6.07, 6.45) is 0.482. The molecule has 0 saturated heterocycles. The SMILES string of the molecule is CC(=O)c1cccc(OC[C@H](O)Cn2cnc3c2c(=O)n(C)c(=O)n3C)c1. The summed E-state index contributed by atoms with van der Waals surface area (Å²) in [5, 5.41) is 10.3. The molecule has 9 nitrogen and oxygen atoms in total. The van der Waals surface area contributed by atoms with Crippen LogP contribution in [-0.4, -0.2) is 42.3 Å². The Morgan fingerprint density at radius 3 is 2.70 bits per heavy atom. The van der Waals surface area contributed by atoms with Crippen LogP contribution in [0.3, 0.4) is 0 Å². The number of aliphatic hydroxyl groups excluding tert-OH is 1. The van der Waals surface area contributed by atoms with Gasteiger partial charge in [0.25, 0.3) is 5.56 Å². The van der Waals surface area contributed by atoms with E-state index in [0.29, 0.717) is 11.3 Å². The van der Waals surface area contributed by atoms with Crippen molar-refractivity contribution < 1.29 is 14.6 Å². The van der Waals surface area contributed by atoms with Crippen LogP contribution in [0.1, 0.15) is 17.3 Å². The number of aromatic nitrogens is 4. The zero-order valence-electron chi connectivity index (χ0n) is 15.2. The Balaban J connectivity index is 1.78. The summed E-state index contributed by atoms with van der Waals surface area (Å²) in [5.74, 6) is 0.392. The molecular weight excluding hydrogens is 352 g/mol. The number of aryl methyl sites for hydroxylation is 1. The van der Waals surface area contributed by atoms with Gasteiger partial charge in [0, 0.05) is 19.7 Å². The van der Waals surface area contributed by atoms with E-state index < -0.39 is 17.4 Å². The highest BCUT2D eigenvalue weighted by molar-refractivity contribution is 5.94. The standard InChI is InChI=1S/C18H20N4O5/c1-11(23)12-5-4-6-14(7-12)27-9-13(24)8-22-10-19-16-15(22)17(25)21(3)18(26)20(16)2/h4-7,10,13,24H,8-9H2,1-3H3/t13-/m1/s1. The maximum absolute atomic E-state index is 12.4. The molecule has 2 heterocycles. The van der Waals surface area contributed by atoms with Gasteiger partial charge in [0.2, 0.25) is 0 Å². The van der Waals surface area contributed by atoms with Crippen LogP contribution in [-0.2, 0) is 20.6 Å². The molecule has 2 aromatic heterocycles. The quantitative estimate of drug-likeness (QED) is 0.614. The summed E-state index contributed by atoms with van der Waals surface area (Å²) in [5.41, 5.74) is 0.0643. The van der Waals surface area contributed by atoms with Crippen molar-refractivity contribution in [1.29, 1.82) is 0 Å². The van der Waals surface area contributed by atoms with Crippen LogP contribution in [0, 0.1) is 0 Å². The fraction of sp³-hybridized carbons (Fsp3) is 0.333. The van der Waals surface area contributed by atoms with Crippen molar-refractivity contribution in [3.05, 3.63) is 57.0 Å². The van der Waals surface area contributed by atoms with E-state index in [2.05, 4.69) is 4.98 Å². The average molecular weight is 372 g/mol. The van der Waals surface area contributed by atoms with E-state index in [4.69, 9.17) is 4.74 Å². The van der Waals surface area contributed by atoms with Crippen LogP contribution >= 0.6 is 0 Å². The van der Waals surface area contributed by atoms with E-state index in [1.54, 1.807) is 24.3 Å². The van der Waals surface area contributed by atoms with Crippen molar-refractivity contribution in [3.8, 4) is 5.75 Å². The number of aliphatic hydroxyl groups is 1. The third-order valence-corrected chi connectivity index (χ3v) is 4.31. The molecule has 0 unspecified atom stereocenters. The monoisotopic (exact) mass is 372 g/mol. The van der Waals surface area contributed by atoms with E-state index in [0.717, 1.165) is 4.57 Å². The Kier molecular flexibility index (Phi) is 4.95. The third kappa shape index (κ3) is 3.54. The molecular formula is C18H20N4O5. The molecule has 0 amide bonds. The molecule has 0 radical (unpaired) electrons. The topological polar surface area (TPSA) is 108 Å². The zero-order chi connectivity index (χ0) is 19.7. The second-order valence-electron chi connectivity index (χ2n) is 6.32. The number of hydrogen-bond acceptors (Lipinski definition) is 6. The maximum Gasteiger partial charge on any atom is 0.332 e. The minimum atomic E-state index is -0.926. The predicted octanol–water partition coefficient (Wildman–Crippen LogP) is 0.0762. The van der Waals surface area contributed by atoms with Gasteiger partial charge in [-0.3, -0.25) is 18.7 Å². The van der Waals surface area contributed by atoms with Crippen molar-refractivity contribution in [2.24, 2.45) is 14.1 Å². The Hall–Kier alpha value is -3.20. The molecule has 0 spiro atoms. The van der Waals surface area contributed by atoms with Gasteiger partial charge in [-0.25, -0.2) is 9.78 Å². The lowest BCUT2D eigenvalue weighted by atomic mass is 10.1. The Bertz CT molecular complexity index is 1120. The number of Topliss-reactive ketones (excluding diaryl/α,β-unsaturated/α-hetero) is 1. The molecule has 9 heteroatoms. The van der Waals surface area contributed by atoms with Crippen LogP contribution in [0.2, 0.25) is 0 Å². The van der Waals surface area contributed by atoms with Crippen molar-refractivity contribution in [1.82, 2.24) is 18.7 Å². The highest BCUT2D eigenvalue weighted by Gasteiger charge is 2.16. The molecule has 1 aromatic carbocycles. The van der Waals surface area contributed by atoms with Gasteiger partial charge in [-0.15, -0.1) is 0 Å². The molecule has 142 valence electrons. The number of imidazole rings is 1. The Labute approximate surface area is 154 Å². The van der Waals surface area contributed by atoms with Crippen LogP contribution in [0.5, 0.6) is 5.75 Å². The lowest BCUT2D eigenvalue weighted by Gasteiger charge is -2.14. The smallest absolute Gasteiger partial charge is 0.332 e. The number of rotatable bonds is 6. The van der Waals surface area contributed by atoms with E-state index >= 15 is 0 Å². The second kappa shape index (κ2) is 7.20. The lowest BCUT2D eigenvalue weighted by Crippen LogP contribution is -2.38. The van der Waals surface area contributed by atoms with Gasteiger partial charge in [0.1, 0.15) is 18.5 Å². The van der Waals surface area contributed by atoms with Gasteiger partial charge in [0.05, 0.1) is 12.9 Å². The van der Waals surface area contributed by atoms with Crippen LogP contribution in [0.25, 0.3) is 11.2 Å². The van der Waals surface area contributed by atoms with Gasteiger partial charge in [-0.05, 0) is 19.1 Å². The summed E-state index contributed by atoms with van der Waals surface area (Å²) in [6.45, 7) is 1.50. The molecule has 0 bridgehead atoms. The number of hydrogen-bond donors (Lipinski definition) is 1. The molecule has 1 atom stereocenters. The van der Waals surface area contributed by atoms with E-state index in [1.165, 1.54) is 36.5 Å². The molecule has 3 rings (SSSR count). The van der Waals surface area contributed by atoms with E-state index in [-0.39, 0.29) is 30.1 Å². The molecule has 0 saturated carbocycles. The number of carbonyl (C=O) groups is 1. The van der Waals surface area contributed by atoms with Crippen LogP contribution in [0.15, 0.2) is 40.2 Å². The number of benzene rings is 1. The number of carbonyl (C=O) groups excluding carboxylic acids is 1. The van der Waals surface area contributed by atoms with Gasteiger partial charge in [0.15, 0.2) is 16.9 Å². The first-order valence-corrected chi connectivity index (χ1v) is 8.32. The van der Waals surface area contributed by atoms with Crippen molar-refractivity contribution in [2.75, 3.05) is 6.61 Å². The van der Waals surface area contributed by atoms with Gasteiger partial charge in [-0.1, -0.05) is 12.1 Å². The normalized spacial score (nSPS) is 12.3. The first-order chi connectivity index (χ1) is 12.8. The number of fused-ring (bicyclic) bond motifs is 1. The van der Waals surface area contributed by atoms with Gasteiger partial charge >= 0.3 is 5.69 Å². The fourth-order valence-corrected chi connectivity index (χ4v) is 2.81. The van der Waals surface area contributed by atoms with Crippen LogP contribution < -0.4 is 16.0 Å². The van der Waals surface area contributed by atoms with Gasteiger partial charge < -0.3 is 14.4 Å². The first-order valence-electron chi connectivity index (χ1n) is 8.32. The molecule has 3 aromatic rings. The number of nitrogens with zero attached hydrogens (tertiary/aromatic N) is 4. The van der Waals surface area contributed by atoms with E-state index in [1.807, 2.05) is 0 Å². The number of ether oxygens (including phenoxy) is 1. The molecule has 27 heavy (non-hydrogen) atoms. The van der Waals surface area contributed by atoms with Crippen molar-refractivity contribution in [3.63, 3.8) is 0 Å². The summed E-state index contributed by atoms with van der Waals surface area (Å²) in [7, 11) is 2.92. The largest absolute Gasteiger partial charge is 0.491 e. The third-order valence-electron chi connectivity index (χ3n) is 4.31. The Morgan fingerprint density at radius 1 is 1.26 bits per heavy atom. The fourth-order valence-electron chi connectivity index (χ4n) is 2.81. The maximum atomic E-state index is 12.4. The summed E-state index contributed by atoms with van der Waals surface area (Å²) in [6, 6.07) is 6.68. The van der Waals surface area contributed by atoms with E-state index in [9.17, 15) is 19.5 Å². The zero-order valence-corrected chi connectivity index (χ0v) is 15.2. The highest BCUT2D eigenvalue weighted by atomic mass is 16.5. The first kappa shape index (κ1) is 18.6. The summed E-state index contributed by atoms with van der Waals surface area (Å²) in [4.78, 5) is 39.9. The molecule has 0 aliphatic heterocycles. The minimum absolute atomic E-state index is 0.0346. The highest BCUT2D eigenvalue weighted by Crippen LogP contribution is 2.14. The van der Waals surface area contributed by atoms with Crippen LogP contribution in [0.4, 0.5) is 0 Å². The molecule has 0 aliphatic rings. The Morgan fingerprint density at radius 2 is 2.00 bits per heavy atom. The molecule has 1 N–H and O–H groups in total. The molecule has 0 fully saturated rings. The second-order valence-corrected chi connectivity index (χ2v) is 6.32. The average Bonchev–Trinajstić information content (AvgIpc) is 3.06. The summed E-state index contributed by atoms with van der Waals surface area (Å²) < 4.78 is 9.32. The van der Waals surface area contributed by atoms with Gasteiger partial charge in [-0.2, -0.15) is 0 Å².